The van der Waals surface area contributed by atoms with Gasteiger partial charge in [-0.25, -0.2) is 4.39 Å². The van der Waals surface area contributed by atoms with Gasteiger partial charge in [0.1, 0.15) is 5.82 Å². The smallest absolute Gasteiger partial charge is 0.128 e. The molecule has 0 unspecified atom stereocenters. The SMILES string of the molecule is Cc1ccc(NCc2cccc(Br)c2)cc1F. The molecule has 0 radical (unpaired) electrons. The highest BCUT2D eigenvalue weighted by Gasteiger charge is 1.99. The minimum Gasteiger partial charge on any atom is -0.381 e. The minimum atomic E-state index is -0.177. The van der Waals surface area contributed by atoms with Gasteiger partial charge in [-0.2, -0.15) is 0 Å². The molecule has 0 aliphatic rings. The van der Waals surface area contributed by atoms with Gasteiger partial charge in [0.05, 0.1) is 0 Å². The van der Waals surface area contributed by atoms with E-state index in [0.717, 1.165) is 15.7 Å². The molecule has 2 rings (SSSR count). The van der Waals surface area contributed by atoms with Crippen molar-refractivity contribution in [1.82, 2.24) is 0 Å². The van der Waals surface area contributed by atoms with Crippen molar-refractivity contribution < 1.29 is 4.39 Å². The maximum Gasteiger partial charge on any atom is 0.128 e. The average Bonchev–Trinajstić information content (AvgIpc) is 2.31. The van der Waals surface area contributed by atoms with Crippen LogP contribution in [0.5, 0.6) is 0 Å². The fraction of sp³-hybridized carbons (Fsp3) is 0.143. The lowest BCUT2D eigenvalue weighted by Gasteiger charge is -2.07. The maximum atomic E-state index is 13.3. The second-order valence-electron chi connectivity index (χ2n) is 3.95. The number of benzene rings is 2. The van der Waals surface area contributed by atoms with Crippen molar-refractivity contribution in [2.24, 2.45) is 0 Å². The summed E-state index contributed by atoms with van der Waals surface area (Å²) in [7, 11) is 0. The summed E-state index contributed by atoms with van der Waals surface area (Å²) in [5.74, 6) is -0.177. The van der Waals surface area contributed by atoms with Gasteiger partial charge in [0.15, 0.2) is 0 Å². The first-order chi connectivity index (χ1) is 8.15. The van der Waals surface area contributed by atoms with Gasteiger partial charge in [0.25, 0.3) is 0 Å². The molecule has 0 atom stereocenters. The largest absolute Gasteiger partial charge is 0.381 e. The molecule has 0 bridgehead atoms. The first-order valence-corrected chi connectivity index (χ1v) is 6.19. The summed E-state index contributed by atoms with van der Waals surface area (Å²) in [5.41, 5.74) is 2.62. The van der Waals surface area contributed by atoms with E-state index in [1.165, 1.54) is 6.07 Å². The highest BCUT2D eigenvalue weighted by molar-refractivity contribution is 9.10. The third-order valence-electron chi connectivity index (χ3n) is 2.56. The van der Waals surface area contributed by atoms with Crippen LogP contribution in [0.4, 0.5) is 10.1 Å². The second-order valence-corrected chi connectivity index (χ2v) is 4.86. The molecule has 0 aliphatic heterocycles. The number of aryl methyl sites for hydroxylation is 1. The monoisotopic (exact) mass is 293 g/mol. The van der Waals surface area contributed by atoms with Crippen molar-refractivity contribution >= 4 is 21.6 Å². The van der Waals surface area contributed by atoms with Gasteiger partial charge < -0.3 is 5.32 Å². The third-order valence-corrected chi connectivity index (χ3v) is 3.05. The van der Waals surface area contributed by atoms with Crippen LogP contribution in [-0.2, 0) is 6.54 Å². The van der Waals surface area contributed by atoms with E-state index in [2.05, 4.69) is 21.2 Å². The number of nitrogens with one attached hydrogen (secondary N) is 1. The topological polar surface area (TPSA) is 12.0 Å². The lowest BCUT2D eigenvalue weighted by molar-refractivity contribution is 0.619. The Bertz CT molecular complexity index is 525. The van der Waals surface area contributed by atoms with Crippen LogP contribution in [-0.4, -0.2) is 0 Å². The van der Waals surface area contributed by atoms with Crippen molar-refractivity contribution in [3.63, 3.8) is 0 Å². The first kappa shape index (κ1) is 12.1. The van der Waals surface area contributed by atoms with Crippen LogP contribution in [0.1, 0.15) is 11.1 Å². The third kappa shape index (κ3) is 3.30. The Kier molecular flexibility index (Phi) is 3.79. The summed E-state index contributed by atoms with van der Waals surface area (Å²) in [6, 6.07) is 13.2. The molecule has 0 aliphatic carbocycles. The summed E-state index contributed by atoms with van der Waals surface area (Å²) >= 11 is 3.42. The lowest BCUT2D eigenvalue weighted by Crippen LogP contribution is -1.99. The highest BCUT2D eigenvalue weighted by Crippen LogP contribution is 2.16. The zero-order valence-corrected chi connectivity index (χ0v) is 11.1. The molecule has 0 heterocycles. The van der Waals surface area contributed by atoms with Gasteiger partial charge in [-0.3, -0.25) is 0 Å². The lowest BCUT2D eigenvalue weighted by atomic mass is 10.2. The summed E-state index contributed by atoms with van der Waals surface area (Å²) in [6.45, 7) is 2.44. The molecular formula is C14H13BrFN. The van der Waals surface area contributed by atoms with Gasteiger partial charge in [0.2, 0.25) is 0 Å². The van der Waals surface area contributed by atoms with E-state index in [1.807, 2.05) is 30.3 Å². The zero-order valence-electron chi connectivity index (χ0n) is 9.50. The number of rotatable bonds is 3. The van der Waals surface area contributed by atoms with Crippen LogP contribution in [0.15, 0.2) is 46.9 Å². The fourth-order valence-corrected chi connectivity index (χ4v) is 2.00. The van der Waals surface area contributed by atoms with Crippen molar-refractivity contribution in [3.05, 3.63) is 63.9 Å². The normalized spacial score (nSPS) is 10.3. The van der Waals surface area contributed by atoms with E-state index in [0.29, 0.717) is 12.1 Å². The van der Waals surface area contributed by atoms with Gasteiger partial charge in [0, 0.05) is 16.7 Å². The van der Waals surface area contributed by atoms with Crippen LogP contribution < -0.4 is 5.32 Å². The summed E-state index contributed by atoms with van der Waals surface area (Å²) in [5, 5.41) is 3.20. The Morgan fingerprint density at radius 1 is 1.18 bits per heavy atom. The molecule has 3 heteroatoms. The summed E-state index contributed by atoms with van der Waals surface area (Å²) in [6.07, 6.45) is 0. The Hall–Kier alpha value is -1.35. The number of hydrogen-bond donors (Lipinski definition) is 1. The maximum absolute atomic E-state index is 13.3. The fourth-order valence-electron chi connectivity index (χ4n) is 1.55. The van der Waals surface area contributed by atoms with E-state index in [4.69, 9.17) is 0 Å². The first-order valence-electron chi connectivity index (χ1n) is 5.39. The van der Waals surface area contributed by atoms with Crippen LogP contribution in [0.25, 0.3) is 0 Å². The van der Waals surface area contributed by atoms with Crippen molar-refractivity contribution in [3.8, 4) is 0 Å². The standard InChI is InChI=1S/C14H13BrFN/c1-10-5-6-13(8-14(10)16)17-9-11-3-2-4-12(15)7-11/h2-8,17H,9H2,1H3. The van der Waals surface area contributed by atoms with Crippen LogP contribution in [0.2, 0.25) is 0 Å². The van der Waals surface area contributed by atoms with Crippen molar-refractivity contribution in [2.75, 3.05) is 5.32 Å². The predicted molar refractivity (Wildman–Crippen MR) is 72.6 cm³/mol. The summed E-state index contributed by atoms with van der Waals surface area (Å²) in [4.78, 5) is 0. The van der Waals surface area contributed by atoms with Crippen molar-refractivity contribution in [1.29, 1.82) is 0 Å². The molecule has 0 spiro atoms. The minimum absolute atomic E-state index is 0.177. The van der Waals surface area contributed by atoms with Crippen LogP contribution in [0, 0.1) is 12.7 Å². The van der Waals surface area contributed by atoms with E-state index < -0.39 is 0 Å². The average molecular weight is 294 g/mol. The van der Waals surface area contributed by atoms with E-state index in [-0.39, 0.29) is 5.82 Å². The molecule has 0 saturated carbocycles. The molecule has 2 aromatic rings. The van der Waals surface area contributed by atoms with Gasteiger partial charge in [-0.1, -0.05) is 34.1 Å². The Morgan fingerprint density at radius 2 is 2.00 bits per heavy atom. The van der Waals surface area contributed by atoms with E-state index >= 15 is 0 Å². The van der Waals surface area contributed by atoms with E-state index in [9.17, 15) is 4.39 Å². The molecule has 0 amide bonds. The van der Waals surface area contributed by atoms with Crippen molar-refractivity contribution in [2.45, 2.75) is 13.5 Å². The Balaban J connectivity index is 2.05. The zero-order chi connectivity index (χ0) is 12.3. The van der Waals surface area contributed by atoms with Gasteiger partial charge >= 0.3 is 0 Å². The molecule has 1 N–H and O–H groups in total. The molecular weight excluding hydrogens is 281 g/mol. The second kappa shape index (κ2) is 5.32. The molecule has 1 nitrogen and oxygen atoms in total. The molecule has 0 aromatic heterocycles. The molecule has 2 aromatic carbocycles. The predicted octanol–water partition coefficient (Wildman–Crippen LogP) is 4.51. The van der Waals surface area contributed by atoms with Gasteiger partial charge in [-0.15, -0.1) is 0 Å². The Labute approximate surface area is 109 Å². The van der Waals surface area contributed by atoms with E-state index in [1.54, 1.807) is 13.0 Å². The van der Waals surface area contributed by atoms with Gasteiger partial charge in [-0.05, 0) is 42.3 Å². The number of halogens is 2. The van der Waals surface area contributed by atoms with Crippen LogP contribution >= 0.6 is 15.9 Å². The molecule has 0 saturated heterocycles. The van der Waals surface area contributed by atoms with Crippen LogP contribution in [0.3, 0.4) is 0 Å². The summed E-state index contributed by atoms with van der Waals surface area (Å²) < 4.78 is 14.4. The molecule has 0 fully saturated rings. The highest BCUT2D eigenvalue weighted by atomic mass is 79.9. The molecule has 88 valence electrons. The Morgan fingerprint density at radius 3 is 2.71 bits per heavy atom. The molecule has 17 heavy (non-hydrogen) atoms. The number of hydrogen-bond acceptors (Lipinski definition) is 1. The quantitative estimate of drug-likeness (QED) is 0.878. The number of anilines is 1.